The first kappa shape index (κ1) is 22.4. The first-order valence-electron chi connectivity index (χ1n) is 11.9. The van der Waals surface area contributed by atoms with Gasteiger partial charge in [-0.3, -0.25) is 0 Å². The Bertz CT molecular complexity index is 941. The van der Waals surface area contributed by atoms with Gasteiger partial charge in [0, 0.05) is 28.2 Å². The number of methoxy groups -OCH3 is 1. The lowest BCUT2D eigenvalue weighted by molar-refractivity contribution is -0.0706. The van der Waals surface area contributed by atoms with Gasteiger partial charge in [-0.2, -0.15) is 0 Å². The highest BCUT2D eigenvalue weighted by atomic mass is 35.5. The Kier molecular flexibility index (Phi) is 6.35. The molecule has 0 heterocycles. The van der Waals surface area contributed by atoms with Crippen LogP contribution in [0, 0.1) is 23.2 Å². The molecule has 4 aliphatic rings. The summed E-state index contributed by atoms with van der Waals surface area (Å²) in [4.78, 5) is 0. The van der Waals surface area contributed by atoms with Gasteiger partial charge in [0.05, 0.1) is 7.11 Å². The van der Waals surface area contributed by atoms with Crippen LogP contribution in [0.1, 0.15) is 56.6 Å². The molecule has 0 radical (unpaired) electrons. The van der Waals surface area contributed by atoms with Crippen LogP contribution in [0.4, 0.5) is 0 Å². The Balaban J connectivity index is 1.21. The van der Waals surface area contributed by atoms with Crippen molar-refractivity contribution in [3.05, 3.63) is 57.6 Å². The summed E-state index contributed by atoms with van der Waals surface area (Å²) in [6, 6.07) is 12.2. The molecule has 0 amide bonds. The predicted octanol–water partition coefficient (Wildman–Crippen LogP) is 7.28. The fourth-order valence-corrected chi connectivity index (χ4v) is 7.39. The number of ether oxygens (including phenoxy) is 2. The van der Waals surface area contributed by atoms with E-state index < -0.39 is 0 Å². The van der Waals surface area contributed by atoms with Crippen molar-refractivity contribution >= 4 is 23.2 Å². The molecule has 4 aliphatic carbocycles. The normalized spacial score (nSPS) is 29.2. The maximum atomic E-state index is 6.27. The molecule has 0 spiro atoms. The predicted molar refractivity (Wildman–Crippen MR) is 131 cm³/mol. The Morgan fingerprint density at radius 2 is 1.66 bits per heavy atom. The van der Waals surface area contributed by atoms with Gasteiger partial charge in [0.2, 0.25) is 0 Å². The van der Waals surface area contributed by atoms with Gasteiger partial charge >= 0.3 is 0 Å². The molecule has 3 nitrogen and oxygen atoms in total. The van der Waals surface area contributed by atoms with Gasteiger partial charge in [0.25, 0.3) is 0 Å². The van der Waals surface area contributed by atoms with E-state index in [1.54, 1.807) is 13.2 Å². The number of hydrogen-bond donors (Lipinski definition) is 1. The van der Waals surface area contributed by atoms with Crippen molar-refractivity contribution in [2.45, 2.75) is 64.6 Å². The lowest BCUT2D eigenvalue weighted by Gasteiger charge is -2.59. The molecule has 1 unspecified atom stereocenters. The van der Waals surface area contributed by atoms with Crippen molar-refractivity contribution in [2.75, 3.05) is 7.11 Å². The van der Waals surface area contributed by atoms with E-state index in [1.165, 1.54) is 44.1 Å². The van der Waals surface area contributed by atoms with E-state index in [4.69, 9.17) is 32.7 Å². The third kappa shape index (κ3) is 4.49. The molecule has 0 aliphatic heterocycles. The second-order valence-corrected chi connectivity index (χ2v) is 11.2. The first-order valence-corrected chi connectivity index (χ1v) is 12.7. The van der Waals surface area contributed by atoms with Gasteiger partial charge in [-0.1, -0.05) is 35.3 Å². The quantitative estimate of drug-likeness (QED) is 0.436. The van der Waals surface area contributed by atoms with Gasteiger partial charge in [0.1, 0.15) is 6.61 Å². The van der Waals surface area contributed by atoms with Gasteiger partial charge < -0.3 is 14.8 Å². The molecule has 4 fully saturated rings. The third-order valence-corrected chi connectivity index (χ3v) is 8.83. The van der Waals surface area contributed by atoms with Crippen LogP contribution in [0.15, 0.2) is 36.4 Å². The minimum absolute atomic E-state index is 0.368. The summed E-state index contributed by atoms with van der Waals surface area (Å²) in [7, 11) is 1.69. The Morgan fingerprint density at radius 1 is 0.969 bits per heavy atom. The number of rotatable bonds is 8. The molecule has 32 heavy (non-hydrogen) atoms. The lowest BCUT2D eigenvalue weighted by Crippen LogP contribution is -2.54. The molecule has 1 atom stereocenters. The molecule has 6 rings (SSSR count). The third-order valence-electron chi connectivity index (χ3n) is 8.24. The standard InChI is InChI=1S/C27H33Cl2NO2/c1-17(27-12-19-7-20(13-27)9-21(8-19)14-27)30-15-18-3-6-25(26(10-18)31-2)32-16-22-4-5-23(28)11-24(22)29/h3-6,10-11,17,19-21,30H,7-9,12-16H2,1-2H3. The zero-order valence-corrected chi connectivity index (χ0v) is 20.5. The lowest BCUT2D eigenvalue weighted by atomic mass is 9.48. The maximum absolute atomic E-state index is 6.27. The molecule has 5 heteroatoms. The summed E-state index contributed by atoms with van der Waals surface area (Å²) in [6.07, 6.45) is 8.76. The van der Waals surface area contributed by atoms with E-state index in [-0.39, 0.29) is 0 Å². The van der Waals surface area contributed by atoms with Gasteiger partial charge in [-0.25, -0.2) is 0 Å². The molecular weight excluding hydrogens is 441 g/mol. The van der Waals surface area contributed by atoms with Crippen molar-refractivity contribution in [1.82, 2.24) is 5.32 Å². The number of benzene rings is 2. The maximum Gasteiger partial charge on any atom is 0.161 e. The Labute approximate surface area is 201 Å². The van der Waals surface area contributed by atoms with Gasteiger partial charge in [-0.05, 0) is 98.4 Å². The highest BCUT2D eigenvalue weighted by Crippen LogP contribution is 2.61. The fraction of sp³-hybridized carbons (Fsp3) is 0.556. The first-order chi connectivity index (χ1) is 15.4. The van der Waals surface area contributed by atoms with Crippen LogP contribution in [0.3, 0.4) is 0 Å². The molecule has 2 aromatic rings. The summed E-state index contributed by atoms with van der Waals surface area (Å²) >= 11 is 12.3. The minimum Gasteiger partial charge on any atom is -0.493 e. The van der Waals surface area contributed by atoms with Crippen LogP contribution < -0.4 is 14.8 Å². The van der Waals surface area contributed by atoms with E-state index in [0.717, 1.165) is 41.4 Å². The zero-order valence-electron chi connectivity index (χ0n) is 19.0. The highest BCUT2D eigenvalue weighted by Gasteiger charge is 2.52. The Morgan fingerprint density at radius 3 is 2.28 bits per heavy atom. The topological polar surface area (TPSA) is 30.5 Å². The number of nitrogens with one attached hydrogen (secondary N) is 1. The molecule has 4 bridgehead atoms. The second kappa shape index (κ2) is 9.08. The van der Waals surface area contributed by atoms with Crippen molar-refractivity contribution in [1.29, 1.82) is 0 Å². The van der Waals surface area contributed by atoms with Crippen LogP contribution in [-0.4, -0.2) is 13.2 Å². The van der Waals surface area contributed by atoms with Crippen LogP contribution in [0.2, 0.25) is 10.0 Å². The SMILES string of the molecule is COc1cc(CNC(C)C23CC4CC(CC(C4)C2)C3)ccc1OCc1ccc(Cl)cc1Cl. The molecule has 0 aromatic heterocycles. The smallest absolute Gasteiger partial charge is 0.161 e. The van der Waals surface area contributed by atoms with Crippen molar-refractivity contribution in [3.8, 4) is 11.5 Å². The van der Waals surface area contributed by atoms with E-state index >= 15 is 0 Å². The highest BCUT2D eigenvalue weighted by molar-refractivity contribution is 6.35. The minimum atomic E-state index is 0.368. The molecule has 4 saturated carbocycles. The summed E-state index contributed by atoms with van der Waals surface area (Å²) in [5.74, 6) is 4.41. The van der Waals surface area contributed by atoms with E-state index in [9.17, 15) is 0 Å². The summed E-state index contributed by atoms with van der Waals surface area (Å²) in [6.45, 7) is 3.63. The Hall–Kier alpha value is -1.42. The van der Waals surface area contributed by atoms with Crippen LogP contribution in [0.25, 0.3) is 0 Å². The van der Waals surface area contributed by atoms with Gasteiger partial charge in [0.15, 0.2) is 11.5 Å². The average Bonchev–Trinajstić information content (AvgIpc) is 2.76. The van der Waals surface area contributed by atoms with Crippen molar-refractivity contribution in [2.24, 2.45) is 23.2 Å². The van der Waals surface area contributed by atoms with E-state index in [0.29, 0.717) is 28.1 Å². The molecule has 172 valence electrons. The van der Waals surface area contributed by atoms with Crippen molar-refractivity contribution in [3.63, 3.8) is 0 Å². The molecular formula is C27H33Cl2NO2. The van der Waals surface area contributed by atoms with E-state index in [2.05, 4.69) is 24.4 Å². The van der Waals surface area contributed by atoms with Crippen LogP contribution in [0.5, 0.6) is 11.5 Å². The van der Waals surface area contributed by atoms with Crippen molar-refractivity contribution < 1.29 is 9.47 Å². The number of halogens is 2. The second-order valence-electron chi connectivity index (χ2n) is 10.4. The van der Waals surface area contributed by atoms with Crippen LogP contribution >= 0.6 is 23.2 Å². The van der Waals surface area contributed by atoms with Gasteiger partial charge in [-0.15, -0.1) is 0 Å². The molecule has 1 N–H and O–H groups in total. The monoisotopic (exact) mass is 473 g/mol. The number of hydrogen-bond acceptors (Lipinski definition) is 3. The largest absolute Gasteiger partial charge is 0.493 e. The summed E-state index contributed by atoms with van der Waals surface area (Å²) in [5.41, 5.74) is 2.63. The molecule has 0 saturated heterocycles. The van der Waals surface area contributed by atoms with E-state index in [1.807, 2.05) is 18.2 Å². The average molecular weight is 474 g/mol. The fourth-order valence-electron chi connectivity index (χ4n) is 6.93. The zero-order chi connectivity index (χ0) is 22.3. The summed E-state index contributed by atoms with van der Waals surface area (Å²) < 4.78 is 11.6. The van der Waals surface area contributed by atoms with Crippen LogP contribution in [-0.2, 0) is 13.2 Å². The summed E-state index contributed by atoms with van der Waals surface area (Å²) in [5, 5.41) is 5.10. The molecule has 2 aromatic carbocycles.